The third kappa shape index (κ3) is 3.46. The van der Waals surface area contributed by atoms with Crippen molar-refractivity contribution in [3.63, 3.8) is 0 Å². The summed E-state index contributed by atoms with van der Waals surface area (Å²) < 4.78 is 11.2. The highest BCUT2D eigenvalue weighted by Crippen LogP contribution is 2.43. The Morgan fingerprint density at radius 3 is 1.87 bits per heavy atom. The molecule has 3 aromatic heterocycles. The SMILES string of the molecule is c1ccc(-n2c3oc4ccccc4c3c3cccc(-c4ccc5cc(-n6c7ccccc7c7ccccc76)ccc5c4)c32)cc1. The summed E-state index contributed by atoms with van der Waals surface area (Å²) in [6, 6.07) is 56.5. The minimum atomic E-state index is 0.876. The van der Waals surface area contributed by atoms with Gasteiger partial charge in [-0.25, -0.2) is 0 Å². The van der Waals surface area contributed by atoms with E-state index in [1.54, 1.807) is 0 Å². The molecule has 0 spiro atoms. The van der Waals surface area contributed by atoms with Crippen LogP contribution in [-0.2, 0) is 0 Å². The van der Waals surface area contributed by atoms with Gasteiger partial charge in [0.25, 0.3) is 0 Å². The lowest BCUT2D eigenvalue weighted by molar-refractivity contribution is 0.645. The Labute approximate surface area is 258 Å². The van der Waals surface area contributed by atoms with Crippen molar-refractivity contribution in [2.75, 3.05) is 0 Å². The van der Waals surface area contributed by atoms with Crippen molar-refractivity contribution in [2.45, 2.75) is 0 Å². The van der Waals surface area contributed by atoms with Crippen LogP contribution in [0.1, 0.15) is 0 Å². The van der Waals surface area contributed by atoms with Crippen LogP contribution in [0.3, 0.4) is 0 Å². The topological polar surface area (TPSA) is 23.0 Å². The maximum absolute atomic E-state index is 6.55. The number of nitrogens with zero attached hydrogens (tertiary/aromatic N) is 2. The van der Waals surface area contributed by atoms with Gasteiger partial charge in [0.05, 0.1) is 21.9 Å². The van der Waals surface area contributed by atoms with Crippen LogP contribution >= 0.6 is 0 Å². The number of furan rings is 1. The van der Waals surface area contributed by atoms with Crippen molar-refractivity contribution in [3.05, 3.63) is 158 Å². The second-order valence-corrected chi connectivity index (χ2v) is 11.8. The molecule has 0 saturated carbocycles. The van der Waals surface area contributed by atoms with E-state index in [4.69, 9.17) is 4.42 Å². The van der Waals surface area contributed by atoms with Crippen LogP contribution < -0.4 is 0 Å². The zero-order chi connectivity index (χ0) is 29.5. The maximum atomic E-state index is 6.55. The molecule has 0 fully saturated rings. The van der Waals surface area contributed by atoms with Crippen LogP contribution in [0, 0.1) is 0 Å². The van der Waals surface area contributed by atoms with Gasteiger partial charge in [-0.2, -0.15) is 0 Å². The fourth-order valence-electron chi connectivity index (χ4n) is 7.33. The van der Waals surface area contributed by atoms with Gasteiger partial charge < -0.3 is 8.98 Å². The Balaban J connectivity index is 1.19. The smallest absolute Gasteiger partial charge is 0.213 e. The molecule has 10 rings (SSSR count). The number of fused-ring (bicyclic) bond motifs is 9. The van der Waals surface area contributed by atoms with E-state index in [0.717, 1.165) is 33.3 Å². The minimum Gasteiger partial charge on any atom is -0.439 e. The van der Waals surface area contributed by atoms with E-state index in [1.165, 1.54) is 54.8 Å². The summed E-state index contributed by atoms with van der Waals surface area (Å²) >= 11 is 0. The highest BCUT2D eigenvalue weighted by molar-refractivity contribution is 6.22. The molecule has 0 aliphatic heterocycles. The van der Waals surface area contributed by atoms with Crippen LogP contribution in [0.25, 0.3) is 88.1 Å². The number of hydrogen-bond donors (Lipinski definition) is 0. The van der Waals surface area contributed by atoms with Crippen LogP contribution in [-0.4, -0.2) is 9.13 Å². The lowest BCUT2D eigenvalue weighted by atomic mass is 9.98. The van der Waals surface area contributed by atoms with Crippen molar-refractivity contribution < 1.29 is 4.42 Å². The Kier molecular flexibility index (Phi) is 5.00. The first kappa shape index (κ1) is 24.4. The van der Waals surface area contributed by atoms with Crippen molar-refractivity contribution in [2.24, 2.45) is 0 Å². The number of aromatic nitrogens is 2. The van der Waals surface area contributed by atoms with E-state index in [1.807, 2.05) is 6.07 Å². The predicted octanol–water partition coefficient (Wildman–Crippen LogP) is 11.4. The molecule has 3 heterocycles. The summed E-state index contributed by atoms with van der Waals surface area (Å²) in [5.74, 6) is 0. The van der Waals surface area contributed by atoms with Crippen molar-refractivity contribution in [3.8, 4) is 22.5 Å². The molecule has 0 aliphatic rings. The van der Waals surface area contributed by atoms with E-state index in [2.05, 4.69) is 161 Å². The molecular weight excluding hydrogens is 548 g/mol. The molecule has 0 aliphatic carbocycles. The van der Waals surface area contributed by atoms with Gasteiger partial charge in [-0.1, -0.05) is 109 Å². The Morgan fingerprint density at radius 2 is 1.07 bits per heavy atom. The fourth-order valence-corrected chi connectivity index (χ4v) is 7.33. The Morgan fingerprint density at radius 1 is 0.422 bits per heavy atom. The van der Waals surface area contributed by atoms with Gasteiger partial charge in [-0.3, -0.25) is 4.57 Å². The molecule has 45 heavy (non-hydrogen) atoms. The standard InChI is InChI=1S/C42H26N2O/c1-2-11-30(12-3-1)44-41-32(16-10-17-36(41)40-35-15-6-9-20-39(35)45-42(40)44)29-22-21-28-26-31(24-23-27(28)25-29)43-37-18-7-4-13-33(37)34-14-5-8-19-38(34)43/h1-26H. The van der Waals surface area contributed by atoms with E-state index in [0.29, 0.717) is 0 Å². The van der Waals surface area contributed by atoms with Crippen molar-refractivity contribution in [1.82, 2.24) is 9.13 Å². The van der Waals surface area contributed by atoms with Crippen LogP contribution in [0.15, 0.2) is 162 Å². The first-order chi connectivity index (χ1) is 22.3. The van der Waals surface area contributed by atoms with E-state index in [-0.39, 0.29) is 0 Å². The van der Waals surface area contributed by atoms with Gasteiger partial charge in [0.1, 0.15) is 5.58 Å². The van der Waals surface area contributed by atoms with E-state index >= 15 is 0 Å². The van der Waals surface area contributed by atoms with Crippen molar-refractivity contribution in [1.29, 1.82) is 0 Å². The normalized spacial score (nSPS) is 12.0. The molecule has 0 radical (unpaired) electrons. The molecule has 3 heteroatoms. The van der Waals surface area contributed by atoms with Crippen LogP contribution in [0.4, 0.5) is 0 Å². The summed E-state index contributed by atoms with van der Waals surface area (Å²) in [4.78, 5) is 0. The molecule has 210 valence electrons. The molecule has 0 N–H and O–H groups in total. The average Bonchev–Trinajstić information content (AvgIpc) is 3.75. The molecule has 7 aromatic carbocycles. The zero-order valence-corrected chi connectivity index (χ0v) is 24.3. The molecule has 10 aromatic rings. The number of hydrogen-bond acceptors (Lipinski definition) is 1. The summed E-state index contributed by atoms with van der Waals surface area (Å²) in [6.07, 6.45) is 0. The number of benzene rings is 7. The first-order valence-electron chi connectivity index (χ1n) is 15.4. The van der Waals surface area contributed by atoms with E-state index in [9.17, 15) is 0 Å². The number of para-hydroxylation sites is 5. The summed E-state index contributed by atoms with van der Waals surface area (Å²) in [5, 5.41) is 8.46. The predicted molar refractivity (Wildman–Crippen MR) is 188 cm³/mol. The third-order valence-corrected chi connectivity index (χ3v) is 9.30. The third-order valence-electron chi connectivity index (χ3n) is 9.30. The second kappa shape index (κ2) is 9.22. The fraction of sp³-hybridized carbons (Fsp3) is 0. The molecular formula is C42H26N2O. The highest BCUT2D eigenvalue weighted by atomic mass is 16.3. The molecule has 0 saturated heterocycles. The van der Waals surface area contributed by atoms with Gasteiger partial charge >= 0.3 is 0 Å². The van der Waals surface area contributed by atoms with Crippen LogP contribution in [0.2, 0.25) is 0 Å². The first-order valence-corrected chi connectivity index (χ1v) is 15.4. The minimum absolute atomic E-state index is 0.876. The van der Waals surface area contributed by atoms with E-state index < -0.39 is 0 Å². The molecule has 0 unspecified atom stereocenters. The molecule has 0 amide bonds. The average molecular weight is 575 g/mol. The molecule has 0 bridgehead atoms. The summed E-state index contributed by atoms with van der Waals surface area (Å²) in [5.41, 5.74) is 10.00. The molecule has 3 nitrogen and oxygen atoms in total. The monoisotopic (exact) mass is 574 g/mol. The summed E-state index contributed by atoms with van der Waals surface area (Å²) in [6.45, 7) is 0. The maximum Gasteiger partial charge on any atom is 0.213 e. The van der Waals surface area contributed by atoms with Gasteiger partial charge in [0, 0.05) is 38.5 Å². The number of rotatable bonds is 3. The van der Waals surface area contributed by atoms with Gasteiger partial charge in [-0.05, 0) is 64.9 Å². The summed E-state index contributed by atoms with van der Waals surface area (Å²) in [7, 11) is 0. The second-order valence-electron chi connectivity index (χ2n) is 11.8. The highest BCUT2D eigenvalue weighted by Gasteiger charge is 2.22. The lowest BCUT2D eigenvalue weighted by Crippen LogP contribution is -1.95. The lowest BCUT2D eigenvalue weighted by Gasteiger charge is -2.13. The zero-order valence-electron chi connectivity index (χ0n) is 24.3. The Bertz CT molecular complexity index is 2710. The van der Waals surface area contributed by atoms with Gasteiger partial charge in [0.2, 0.25) is 5.71 Å². The largest absolute Gasteiger partial charge is 0.439 e. The van der Waals surface area contributed by atoms with Gasteiger partial charge in [0.15, 0.2) is 0 Å². The van der Waals surface area contributed by atoms with Crippen LogP contribution in [0.5, 0.6) is 0 Å². The molecule has 0 atom stereocenters. The Hall–Kier alpha value is -6.06. The van der Waals surface area contributed by atoms with Gasteiger partial charge in [-0.15, -0.1) is 0 Å². The quantitative estimate of drug-likeness (QED) is 0.206. The van der Waals surface area contributed by atoms with Crippen molar-refractivity contribution >= 4 is 65.6 Å².